The minimum atomic E-state index is 0.127. The molecule has 1 aromatic heterocycles. The van der Waals surface area contributed by atoms with Crippen molar-refractivity contribution in [2.75, 3.05) is 19.3 Å². The molecule has 1 aliphatic carbocycles. The standard InChI is InChI=1S/C18H21N3O2S/c1-24-15-5-3-2-4-14(15)18(22)21-10-8-13(9-11-21)17-20-19-16(23-17)12-6-7-12/h2-5,12-13H,6-11H2,1H3. The van der Waals surface area contributed by atoms with Gasteiger partial charge >= 0.3 is 0 Å². The largest absolute Gasteiger partial charge is 0.425 e. The van der Waals surface area contributed by atoms with Crippen LogP contribution in [0.5, 0.6) is 0 Å². The fraction of sp³-hybridized carbons (Fsp3) is 0.500. The number of aromatic nitrogens is 2. The molecule has 5 nitrogen and oxygen atoms in total. The summed E-state index contributed by atoms with van der Waals surface area (Å²) >= 11 is 1.62. The first kappa shape index (κ1) is 15.7. The summed E-state index contributed by atoms with van der Waals surface area (Å²) in [5.41, 5.74) is 0.803. The maximum Gasteiger partial charge on any atom is 0.254 e. The Morgan fingerprint density at radius 3 is 2.33 bits per heavy atom. The van der Waals surface area contributed by atoms with Crippen molar-refractivity contribution in [3.63, 3.8) is 0 Å². The Kier molecular flexibility index (Phi) is 4.31. The van der Waals surface area contributed by atoms with Crippen LogP contribution in [0.2, 0.25) is 0 Å². The first-order valence-electron chi connectivity index (χ1n) is 8.52. The van der Waals surface area contributed by atoms with Gasteiger partial charge in [0.15, 0.2) is 0 Å². The van der Waals surface area contributed by atoms with Gasteiger partial charge in [-0.05, 0) is 44.1 Å². The molecule has 0 atom stereocenters. The highest BCUT2D eigenvalue weighted by Crippen LogP contribution is 2.40. The molecule has 126 valence electrons. The number of likely N-dealkylation sites (tertiary alicyclic amines) is 1. The Morgan fingerprint density at radius 1 is 1.08 bits per heavy atom. The van der Waals surface area contributed by atoms with Gasteiger partial charge in [0.05, 0.1) is 5.56 Å². The van der Waals surface area contributed by atoms with Gasteiger partial charge in [-0.2, -0.15) is 0 Å². The Bertz CT molecular complexity index is 733. The van der Waals surface area contributed by atoms with Crippen molar-refractivity contribution < 1.29 is 9.21 Å². The summed E-state index contributed by atoms with van der Waals surface area (Å²) in [6.07, 6.45) is 6.12. The van der Waals surface area contributed by atoms with Gasteiger partial charge < -0.3 is 9.32 Å². The topological polar surface area (TPSA) is 59.2 Å². The Labute approximate surface area is 145 Å². The second-order valence-electron chi connectivity index (χ2n) is 6.52. The number of rotatable bonds is 4. The van der Waals surface area contributed by atoms with E-state index in [2.05, 4.69) is 10.2 Å². The van der Waals surface area contributed by atoms with Crippen molar-refractivity contribution in [2.24, 2.45) is 0 Å². The van der Waals surface area contributed by atoms with E-state index in [9.17, 15) is 4.79 Å². The number of piperidine rings is 1. The molecule has 2 heterocycles. The lowest BCUT2D eigenvalue weighted by Gasteiger charge is -2.31. The highest BCUT2D eigenvalue weighted by molar-refractivity contribution is 7.98. The third kappa shape index (κ3) is 3.07. The van der Waals surface area contributed by atoms with E-state index >= 15 is 0 Å². The Morgan fingerprint density at radius 2 is 1.71 bits per heavy atom. The van der Waals surface area contributed by atoms with E-state index in [1.165, 1.54) is 12.8 Å². The second kappa shape index (κ2) is 6.59. The summed E-state index contributed by atoms with van der Waals surface area (Å²) in [7, 11) is 0. The van der Waals surface area contributed by atoms with Gasteiger partial charge in [0.1, 0.15) is 0 Å². The van der Waals surface area contributed by atoms with E-state index < -0.39 is 0 Å². The van der Waals surface area contributed by atoms with Crippen LogP contribution in [0.25, 0.3) is 0 Å². The molecule has 1 aliphatic heterocycles. The number of thioether (sulfide) groups is 1. The van der Waals surface area contributed by atoms with Crippen LogP contribution in [-0.2, 0) is 0 Å². The molecule has 1 aromatic carbocycles. The summed E-state index contributed by atoms with van der Waals surface area (Å²) in [6.45, 7) is 1.49. The lowest BCUT2D eigenvalue weighted by Crippen LogP contribution is -2.38. The molecular formula is C18H21N3O2S. The molecule has 2 aromatic rings. The molecule has 2 fully saturated rings. The first-order chi connectivity index (χ1) is 11.8. The van der Waals surface area contributed by atoms with E-state index in [-0.39, 0.29) is 11.8 Å². The van der Waals surface area contributed by atoms with Gasteiger partial charge in [-0.1, -0.05) is 12.1 Å². The maximum atomic E-state index is 12.8. The number of nitrogens with zero attached hydrogens (tertiary/aromatic N) is 3. The normalized spacial score (nSPS) is 18.8. The van der Waals surface area contributed by atoms with Crippen molar-refractivity contribution in [1.82, 2.24) is 15.1 Å². The molecule has 2 aliphatic rings. The number of carbonyl (C=O) groups is 1. The van der Waals surface area contributed by atoms with E-state index in [4.69, 9.17) is 4.42 Å². The van der Waals surface area contributed by atoms with Gasteiger partial charge in [0.2, 0.25) is 11.8 Å². The SMILES string of the molecule is CSc1ccccc1C(=O)N1CCC(c2nnc(C3CC3)o2)CC1. The van der Waals surface area contributed by atoms with Gasteiger partial charge in [-0.3, -0.25) is 4.79 Å². The number of hydrogen-bond donors (Lipinski definition) is 0. The van der Waals surface area contributed by atoms with Crippen LogP contribution in [0, 0.1) is 0 Å². The average molecular weight is 343 g/mol. The molecule has 1 saturated heterocycles. The van der Waals surface area contributed by atoms with E-state index in [0.29, 0.717) is 5.92 Å². The van der Waals surface area contributed by atoms with E-state index in [0.717, 1.165) is 48.2 Å². The maximum absolute atomic E-state index is 12.8. The second-order valence-corrected chi connectivity index (χ2v) is 7.37. The smallest absolute Gasteiger partial charge is 0.254 e. The molecule has 6 heteroatoms. The molecule has 1 saturated carbocycles. The summed E-state index contributed by atoms with van der Waals surface area (Å²) in [6, 6.07) is 7.82. The minimum absolute atomic E-state index is 0.127. The van der Waals surface area contributed by atoms with Crippen molar-refractivity contribution in [3.05, 3.63) is 41.6 Å². The van der Waals surface area contributed by atoms with Gasteiger partial charge in [0.25, 0.3) is 5.91 Å². The van der Waals surface area contributed by atoms with Crippen LogP contribution in [0.1, 0.15) is 59.7 Å². The summed E-state index contributed by atoms with van der Waals surface area (Å²) in [4.78, 5) is 15.8. The quantitative estimate of drug-likeness (QED) is 0.793. The number of amides is 1. The van der Waals surface area contributed by atoms with Gasteiger partial charge in [-0.15, -0.1) is 22.0 Å². The van der Waals surface area contributed by atoms with Crippen LogP contribution >= 0.6 is 11.8 Å². The van der Waals surface area contributed by atoms with Crippen LogP contribution < -0.4 is 0 Å². The van der Waals surface area contributed by atoms with Crippen molar-refractivity contribution in [1.29, 1.82) is 0 Å². The van der Waals surface area contributed by atoms with E-state index in [1.807, 2.05) is 35.4 Å². The zero-order valence-corrected chi connectivity index (χ0v) is 14.6. The van der Waals surface area contributed by atoms with Gasteiger partial charge in [0, 0.05) is 29.8 Å². The fourth-order valence-electron chi connectivity index (χ4n) is 3.23. The molecular weight excluding hydrogens is 322 g/mol. The molecule has 0 N–H and O–H groups in total. The molecule has 0 radical (unpaired) electrons. The molecule has 0 bridgehead atoms. The van der Waals surface area contributed by atoms with Crippen LogP contribution in [0.4, 0.5) is 0 Å². The summed E-state index contributed by atoms with van der Waals surface area (Å²) in [5.74, 6) is 2.47. The lowest BCUT2D eigenvalue weighted by molar-refractivity contribution is 0.0702. The molecule has 4 rings (SSSR count). The van der Waals surface area contributed by atoms with Crippen LogP contribution in [0.3, 0.4) is 0 Å². The summed E-state index contributed by atoms with van der Waals surface area (Å²) in [5, 5.41) is 8.41. The first-order valence-corrected chi connectivity index (χ1v) is 9.74. The molecule has 1 amide bonds. The van der Waals surface area contributed by atoms with Crippen LogP contribution in [0.15, 0.2) is 33.6 Å². The highest BCUT2D eigenvalue weighted by atomic mass is 32.2. The fourth-order valence-corrected chi connectivity index (χ4v) is 3.82. The third-order valence-corrected chi connectivity index (χ3v) is 5.65. The number of benzene rings is 1. The molecule has 24 heavy (non-hydrogen) atoms. The zero-order valence-electron chi connectivity index (χ0n) is 13.8. The third-order valence-electron chi connectivity index (χ3n) is 4.85. The zero-order chi connectivity index (χ0) is 16.5. The predicted octanol–water partition coefficient (Wildman–Crippen LogP) is 3.69. The number of hydrogen-bond acceptors (Lipinski definition) is 5. The molecule has 0 spiro atoms. The van der Waals surface area contributed by atoms with Crippen molar-refractivity contribution in [3.8, 4) is 0 Å². The lowest BCUT2D eigenvalue weighted by atomic mass is 9.96. The van der Waals surface area contributed by atoms with E-state index in [1.54, 1.807) is 11.8 Å². The molecule has 0 unspecified atom stereocenters. The Balaban J connectivity index is 1.40. The van der Waals surface area contributed by atoms with Crippen molar-refractivity contribution >= 4 is 17.7 Å². The Hall–Kier alpha value is -1.82. The average Bonchev–Trinajstić information content (AvgIpc) is 3.38. The minimum Gasteiger partial charge on any atom is -0.425 e. The predicted molar refractivity (Wildman–Crippen MR) is 92.4 cm³/mol. The van der Waals surface area contributed by atoms with Gasteiger partial charge in [-0.25, -0.2) is 0 Å². The van der Waals surface area contributed by atoms with Crippen LogP contribution in [-0.4, -0.2) is 40.3 Å². The number of carbonyl (C=O) groups excluding carboxylic acids is 1. The monoisotopic (exact) mass is 343 g/mol. The highest BCUT2D eigenvalue weighted by Gasteiger charge is 2.32. The van der Waals surface area contributed by atoms with Crippen molar-refractivity contribution in [2.45, 2.75) is 42.4 Å². The summed E-state index contributed by atoms with van der Waals surface area (Å²) < 4.78 is 5.83.